The van der Waals surface area contributed by atoms with E-state index in [0.29, 0.717) is 17.9 Å². The number of benzene rings is 3. The number of aliphatic carboxylic acids is 1. The van der Waals surface area contributed by atoms with Crippen molar-refractivity contribution in [1.29, 1.82) is 0 Å². The van der Waals surface area contributed by atoms with Gasteiger partial charge in [0.1, 0.15) is 17.3 Å². The van der Waals surface area contributed by atoms with Gasteiger partial charge in [0, 0.05) is 24.5 Å². The SMILES string of the molecule is CC(C)(NC(=O)CCCOc1cc(-c2ccccc2)cc(-c2ccccc2)n1)C(=O)NC(Cc1ccc(O)cc1)C(=O)O. The largest absolute Gasteiger partial charge is 0.508 e. The quantitative estimate of drug-likeness (QED) is 0.163. The number of phenols is 1. The van der Waals surface area contributed by atoms with Gasteiger partial charge in [-0.05, 0) is 55.2 Å². The molecule has 1 unspecified atom stereocenters. The van der Waals surface area contributed by atoms with Crippen LogP contribution in [0.1, 0.15) is 32.3 Å². The lowest BCUT2D eigenvalue weighted by atomic mass is 10.0. The zero-order valence-corrected chi connectivity index (χ0v) is 24.1. The number of hydrogen-bond donors (Lipinski definition) is 4. The maximum absolute atomic E-state index is 12.9. The van der Waals surface area contributed by atoms with Crippen LogP contribution in [0.25, 0.3) is 22.4 Å². The molecule has 0 radical (unpaired) electrons. The van der Waals surface area contributed by atoms with Crippen LogP contribution in [0.15, 0.2) is 97.1 Å². The zero-order chi connectivity index (χ0) is 30.8. The molecule has 0 fully saturated rings. The van der Waals surface area contributed by atoms with Crippen LogP contribution in [-0.2, 0) is 20.8 Å². The molecule has 3 aromatic carbocycles. The van der Waals surface area contributed by atoms with Gasteiger partial charge in [0.25, 0.3) is 0 Å². The Morgan fingerprint density at radius 2 is 1.49 bits per heavy atom. The number of carboxylic acid groups (broad SMARTS) is 1. The standard InChI is InChI=1S/C34H35N3O6/c1-34(2,33(42)36-29(32(40)41)20-23-15-17-27(38)18-16-23)37-30(39)14-9-19-43-31-22-26(24-10-5-3-6-11-24)21-28(35-31)25-12-7-4-8-13-25/h3-8,10-13,15-18,21-22,29,38H,9,14,19-20H2,1-2H3,(H,36,42)(H,37,39)(H,40,41). The Kier molecular flexibility index (Phi) is 10.1. The summed E-state index contributed by atoms with van der Waals surface area (Å²) >= 11 is 0. The van der Waals surface area contributed by atoms with E-state index in [1.807, 2.05) is 72.8 Å². The summed E-state index contributed by atoms with van der Waals surface area (Å²) in [6.07, 6.45) is 0.491. The summed E-state index contributed by atoms with van der Waals surface area (Å²) in [5.74, 6) is -1.71. The van der Waals surface area contributed by atoms with Crippen LogP contribution < -0.4 is 15.4 Å². The van der Waals surface area contributed by atoms with E-state index in [0.717, 1.165) is 22.4 Å². The number of nitrogens with zero attached hydrogens (tertiary/aromatic N) is 1. The smallest absolute Gasteiger partial charge is 0.326 e. The maximum Gasteiger partial charge on any atom is 0.326 e. The molecular weight excluding hydrogens is 546 g/mol. The number of ether oxygens (including phenoxy) is 1. The van der Waals surface area contributed by atoms with Crippen molar-refractivity contribution in [3.05, 3.63) is 103 Å². The van der Waals surface area contributed by atoms with E-state index in [-0.39, 0.29) is 31.1 Å². The summed E-state index contributed by atoms with van der Waals surface area (Å²) in [6.45, 7) is 3.26. The molecule has 1 aromatic heterocycles. The number of nitrogens with one attached hydrogen (secondary N) is 2. The van der Waals surface area contributed by atoms with Crippen LogP contribution in [0, 0.1) is 0 Å². The number of carbonyl (C=O) groups is 3. The summed E-state index contributed by atoms with van der Waals surface area (Å²) in [4.78, 5) is 42.1. The van der Waals surface area contributed by atoms with Crippen LogP contribution in [0.5, 0.6) is 11.6 Å². The van der Waals surface area contributed by atoms with Gasteiger partial charge < -0.3 is 25.6 Å². The highest BCUT2D eigenvalue weighted by atomic mass is 16.5. The van der Waals surface area contributed by atoms with Crippen molar-refractivity contribution in [3.8, 4) is 34.0 Å². The lowest BCUT2D eigenvalue weighted by molar-refractivity contribution is -0.143. The third kappa shape index (κ3) is 8.90. The van der Waals surface area contributed by atoms with Crippen molar-refractivity contribution in [1.82, 2.24) is 15.6 Å². The minimum Gasteiger partial charge on any atom is -0.508 e. The summed E-state index contributed by atoms with van der Waals surface area (Å²) in [5, 5.41) is 24.2. The number of carboxylic acids is 1. The monoisotopic (exact) mass is 581 g/mol. The molecule has 43 heavy (non-hydrogen) atoms. The molecule has 4 aromatic rings. The van der Waals surface area contributed by atoms with E-state index in [1.165, 1.54) is 26.0 Å². The molecule has 0 aliphatic heterocycles. The second kappa shape index (κ2) is 14.1. The number of amides is 2. The Balaban J connectivity index is 1.32. The van der Waals surface area contributed by atoms with Gasteiger partial charge in [-0.2, -0.15) is 0 Å². The van der Waals surface area contributed by atoms with E-state index in [2.05, 4.69) is 15.6 Å². The normalized spacial score (nSPS) is 11.8. The van der Waals surface area contributed by atoms with Gasteiger partial charge in [0.15, 0.2) is 0 Å². The number of aromatic hydroxyl groups is 1. The van der Waals surface area contributed by atoms with E-state index < -0.39 is 23.5 Å². The molecule has 0 aliphatic rings. The number of phenolic OH excluding ortho intramolecular Hbond substituents is 1. The van der Waals surface area contributed by atoms with Gasteiger partial charge >= 0.3 is 5.97 Å². The Morgan fingerprint density at radius 1 is 0.860 bits per heavy atom. The first-order chi connectivity index (χ1) is 20.6. The topological polar surface area (TPSA) is 138 Å². The fraction of sp³-hybridized carbons (Fsp3) is 0.235. The second-order valence-electron chi connectivity index (χ2n) is 10.7. The highest BCUT2D eigenvalue weighted by Gasteiger charge is 2.32. The number of hydrogen-bond acceptors (Lipinski definition) is 6. The first-order valence-corrected chi connectivity index (χ1v) is 14.0. The van der Waals surface area contributed by atoms with E-state index in [9.17, 15) is 24.6 Å². The molecule has 0 aliphatic carbocycles. The first kappa shape index (κ1) is 30.8. The van der Waals surface area contributed by atoms with Crippen molar-refractivity contribution in [2.24, 2.45) is 0 Å². The van der Waals surface area contributed by atoms with Crippen LogP contribution in [0.2, 0.25) is 0 Å². The maximum atomic E-state index is 12.9. The number of pyridine rings is 1. The summed E-state index contributed by atoms with van der Waals surface area (Å²) in [6, 6.07) is 28.5. The molecule has 1 heterocycles. The minimum absolute atomic E-state index is 0.0220. The molecule has 4 rings (SSSR count). The fourth-order valence-electron chi connectivity index (χ4n) is 4.42. The molecule has 9 nitrogen and oxygen atoms in total. The van der Waals surface area contributed by atoms with Crippen LogP contribution in [-0.4, -0.2) is 51.2 Å². The molecule has 0 spiro atoms. The predicted octanol–water partition coefficient (Wildman–Crippen LogP) is 4.99. The Labute approximate surface area is 250 Å². The highest BCUT2D eigenvalue weighted by molar-refractivity contribution is 5.93. The molecule has 222 valence electrons. The second-order valence-corrected chi connectivity index (χ2v) is 10.7. The van der Waals surface area contributed by atoms with Gasteiger partial charge in [-0.15, -0.1) is 0 Å². The number of carbonyl (C=O) groups excluding carboxylic acids is 2. The van der Waals surface area contributed by atoms with Gasteiger partial charge in [-0.3, -0.25) is 9.59 Å². The lowest BCUT2D eigenvalue weighted by Crippen LogP contribution is -2.58. The Bertz CT molecular complexity index is 1480. The van der Waals surface area contributed by atoms with Crippen molar-refractivity contribution < 1.29 is 29.3 Å². The molecule has 0 saturated heterocycles. The zero-order valence-electron chi connectivity index (χ0n) is 24.1. The lowest BCUT2D eigenvalue weighted by Gasteiger charge is -2.27. The summed E-state index contributed by atoms with van der Waals surface area (Å²) in [7, 11) is 0. The van der Waals surface area contributed by atoms with Crippen LogP contribution in [0.3, 0.4) is 0 Å². The molecule has 0 bridgehead atoms. The van der Waals surface area contributed by atoms with E-state index in [1.54, 1.807) is 12.1 Å². The summed E-state index contributed by atoms with van der Waals surface area (Å²) < 4.78 is 5.95. The van der Waals surface area contributed by atoms with Crippen molar-refractivity contribution in [3.63, 3.8) is 0 Å². The van der Waals surface area contributed by atoms with Crippen molar-refractivity contribution in [2.45, 2.75) is 44.7 Å². The van der Waals surface area contributed by atoms with Gasteiger partial charge in [0.2, 0.25) is 17.7 Å². The third-order valence-corrected chi connectivity index (χ3v) is 6.78. The molecule has 1 atom stereocenters. The average molecular weight is 582 g/mol. The highest BCUT2D eigenvalue weighted by Crippen LogP contribution is 2.28. The first-order valence-electron chi connectivity index (χ1n) is 14.0. The van der Waals surface area contributed by atoms with Gasteiger partial charge in [-0.25, -0.2) is 9.78 Å². The molecule has 2 amide bonds. The Hall–Kier alpha value is -5.18. The minimum atomic E-state index is -1.35. The molecular formula is C34H35N3O6. The van der Waals surface area contributed by atoms with Gasteiger partial charge in [-0.1, -0.05) is 72.8 Å². The average Bonchev–Trinajstić information content (AvgIpc) is 3.00. The number of aromatic nitrogens is 1. The molecule has 9 heteroatoms. The number of rotatable bonds is 13. The van der Waals surface area contributed by atoms with Crippen molar-refractivity contribution in [2.75, 3.05) is 6.61 Å². The van der Waals surface area contributed by atoms with E-state index in [4.69, 9.17) is 4.74 Å². The molecule has 4 N–H and O–H groups in total. The van der Waals surface area contributed by atoms with Gasteiger partial charge in [0.05, 0.1) is 12.3 Å². The summed E-state index contributed by atoms with van der Waals surface area (Å²) in [5.41, 5.74) is 2.99. The predicted molar refractivity (Wildman–Crippen MR) is 163 cm³/mol. The van der Waals surface area contributed by atoms with Crippen LogP contribution >= 0.6 is 0 Å². The Morgan fingerprint density at radius 3 is 2.12 bits per heavy atom. The van der Waals surface area contributed by atoms with Crippen molar-refractivity contribution >= 4 is 17.8 Å². The van der Waals surface area contributed by atoms with E-state index >= 15 is 0 Å². The fourth-order valence-corrected chi connectivity index (χ4v) is 4.42. The molecule has 0 saturated carbocycles. The van der Waals surface area contributed by atoms with Crippen LogP contribution in [0.4, 0.5) is 0 Å². The third-order valence-electron chi connectivity index (χ3n) is 6.78.